The molecule has 2 aromatic rings. The number of rotatable bonds is 4. The van der Waals surface area contributed by atoms with Crippen molar-refractivity contribution in [1.29, 1.82) is 0 Å². The van der Waals surface area contributed by atoms with Gasteiger partial charge in [0.25, 0.3) is 0 Å². The average molecular weight is 350 g/mol. The number of aromatic carboxylic acids is 1. The van der Waals surface area contributed by atoms with Crippen molar-refractivity contribution in [2.24, 2.45) is 0 Å². The van der Waals surface area contributed by atoms with E-state index in [2.05, 4.69) is 31.2 Å². The van der Waals surface area contributed by atoms with E-state index in [-0.39, 0.29) is 11.6 Å². The van der Waals surface area contributed by atoms with Crippen LogP contribution in [0.1, 0.15) is 41.6 Å². The van der Waals surface area contributed by atoms with Crippen LogP contribution in [-0.2, 0) is 0 Å². The molecule has 5 nitrogen and oxygen atoms in total. The molecule has 1 aromatic heterocycles. The molecule has 0 bridgehead atoms. The molecule has 0 saturated carbocycles. The third-order valence-electron chi connectivity index (χ3n) is 3.06. The van der Waals surface area contributed by atoms with Gasteiger partial charge in [0, 0.05) is 16.1 Å². The lowest BCUT2D eigenvalue weighted by Gasteiger charge is -2.13. The number of nitrogens with one attached hydrogen (secondary N) is 1. The van der Waals surface area contributed by atoms with Crippen molar-refractivity contribution < 1.29 is 9.90 Å². The Morgan fingerprint density at radius 3 is 2.67 bits per heavy atom. The molecule has 0 radical (unpaired) electrons. The number of carboxylic acids is 1. The number of aromatic nitrogens is 2. The molecule has 0 unspecified atom stereocenters. The van der Waals surface area contributed by atoms with E-state index in [4.69, 9.17) is 0 Å². The topological polar surface area (TPSA) is 75.1 Å². The molecule has 0 aliphatic heterocycles. The van der Waals surface area contributed by atoms with Gasteiger partial charge < -0.3 is 10.4 Å². The summed E-state index contributed by atoms with van der Waals surface area (Å²) in [4.78, 5) is 19.8. The summed E-state index contributed by atoms with van der Waals surface area (Å²) in [6, 6.07) is 5.68. The minimum atomic E-state index is -1.07. The number of carboxylic acid groups (broad SMARTS) is 1. The Kier molecular flexibility index (Phi) is 4.57. The van der Waals surface area contributed by atoms with Gasteiger partial charge in [-0.2, -0.15) is 0 Å². The Morgan fingerprint density at radius 2 is 2.05 bits per heavy atom. The van der Waals surface area contributed by atoms with Crippen LogP contribution in [-0.4, -0.2) is 21.0 Å². The number of carbonyl (C=O) groups is 1. The summed E-state index contributed by atoms with van der Waals surface area (Å²) in [5, 5.41) is 12.4. The fraction of sp³-hybridized carbons (Fsp3) is 0.267. The Morgan fingerprint density at radius 1 is 1.33 bits per heavy atom. The molecule has 0 saturated heterocycles. The van der Waals surface area contributed by atoms with Gasteiger partial charge in [-0.05, 0) is 24.6 Å². The van der Waals surface area contributed by atoms with E-state index in [0.717, 1.165) is 15.7 Å². The van der Waals surface area contributed by atoms with Gasteiger partial charge in [-0.3, -0.25) is 0 Å². The van der Waals surface area contributed by atoms with Crippen molar-refractivity contribution in [3.8, 4) is 0 Å². The van der Waals surface area contributed by atoms with Crippen molar-refractivity contribution in [3.63, 3.8) is 0 Å². The van der Waals surface area contributed by atoms with E-state index >= 15 is 0 Å². The summed E-state index contributed by atoms with van der Waals surface area (Å²) in [5.74, 6) is -0.483. The molecule has 110 valence electrons. The molecule has 21 heavy (non-hydrogen) atoms. The van der Waals surface area contributed by atoms with E-state index < -0.39 is 5.97 Å². The molecule has 1 aromatic carbocycles. The van der Waals surface area contributed by atoms with Gasteiger partial charge in [0.05, 0.1) is 11.9 Å². The zero-order valence-corrected chi connectivity index (χ0v) is 13.6. The SMILES string of the molecule is Cc1c(Br)cccc1Nc1cnc(C(C)C)nc1C(=O)O. The molecular weight excluding hydrogens is 334 g/mol. The normalized spacial score (nSPS) is 10.7. The first-order chi connectivity index (χ1) is 9.90. The molecule has 2 N–H and O–H groups in total. The number of anilines is 2. The van der Waals surface area contributed by atoms with E-state index in [1.165, 1.54) is 6.20 Å². The standard InChI is InChI=1S/C15H16BrN3O2/c1-8(2)14-17-7-12(13(19-14)15(20)21)18-11-6-4-5-10(16)9(11)3/h4-8,18H,1-3H3,(H,20,21). The van der Waals surface area contributed by atoms with Gasteiger partial charge in [0.2, 0.25) is 0 Å². The van der Waals surface area contributed by atoms with Crippen molar-refractivity contribution in [1.82, 2.24) is 9.97 Å². The largest absolute Gasteiger partial charge is 0.476 e. The molecule has 1 heterocycles. The van der Waals surface area contributed by atoms with Crippen LogP contribution in [0.15, 0.2) is 28.9 Å². The molecule has 0 amide bonds. The van der Waals surface area contributed by atoms with Crippen LogP contribution in [0.3, 0.4) is 0 Å². The summed E-state index contributed by atoms with van der Waals surface area (Å²) in [6.07, 6.45) is 1.52. The van der Waals surface area contributed by atoms with Crippen LogP contribution in [0.5, 0.6) is 0 Å². The van der Waals surface area contributed by atoms with Crippen LogP contribution in [0, 0.1) is 6.92 Å². The average Bonchev–Trinajstić information content (AvgIpc) is 2.43. The van der Waals surface area contributed by atoms with E-state index in [0.29, 0.717) is 11.5 Å². The number of benzene rings is 1. The predicted molar refractivity (Wildman–Crippen MR) is 85.2 cm³/mol. The second-order valence-electron chi connectivity index (χ2n) is 4.99. The van der Waals surface area contributed by atoms with Crippen molar-refractivity contribution in [3.05, 3.63) is 46.0 Å². The third kappa shape index (κ3) is 3.39. The first-order valence-electron chi connectivity index (χ1n) is 6.52. The lowest BCUT2D eigenvalue weighted by atomic mass is 10.2. The van der Waals surface area contributed by atoms with Gasteiger partial charge in [0.15, 0.2) is 5.69 Å². The van der Waals surface area contributed by atoms with Crippen LogP contribution in [0.2, 0.25) is 0 Å². The highest BCUT2D eigenvalue weighted by atomic mass is 79.9. The van der Waals surface area contributed by atoms with E-state index in [9.17, 15) is 9.90 Å². The minimum Gasteiger partial charge on any atom is -0.476 e. The highest BCUT2D eigenvalue weighted by Crippen LogP contribution is 2.27. The quantitative estimate of drug-likeness (QED) is 0.868. The maximum Gasteiger partial charge on any atom is 0.356 e. The molecule has 0 aliphatic carbocycles. The Hall–Kier alpha value is -1.95. The summed E-state index contributed by atoms with van der Waals surface area (Å²) in [7, 11) is 0. The summed E-state index contributed by atoms with van der Waals surface area (Å²) < 4.78 is 0.948. The molecule has 0 fully saturated rings. The second kappa shape index (κ2) is 6.22. The Labute approximate surface area is 131 Å². The first kappa shape index (κ1) is 15.4. The molecule has 6 heteroatoms. The van der Waals surface area contributed by atoms with Crippen molar-refractivity contribution in [2.45, 2.75) is 26.7 Å². The van der Waals surface area contributed by atoms with Gasteiger partial charge >= 0.3 is 5.97 Å². The van der Waals surface area contributed by atoms with E-state index in [1.54, 1.807) is 0 Å². The third-order valence-corrected chi connectivity index (χ3v) is 3.92. The fourth-order valence-electron chi connectivity index (χ4n) is 1.82. The van der Waals surface area contributed by atoms with Gasteiger partial charge in [-0.1, -0.05) is 35.8 Å². The van der Waals surface area contributed by atoms with Crippen LogP contribution < -0.4 is 5.32 Å². The monoisotopic (exact) mass is 349 g/mol. The molecule has 2 rings (SSSR count). The number of hydrogen-bond acceptors (Lipinski definition) is 4. The van der Waals surface area contributed by atoms with Gasteiger partial charge in [0.1, 0.15) is 5.82 Å². The maximum absolute atomic E-state index is 11.4. The summed E-state index contributed by atoms with van der Waals surface area (Å²) in [6.45, 7) is 5.79. The lowest BCUT2D eigenvalue weighted by Crippen LogP contribution is -2.10. The van der Waals surface area contributed by atoms with E-state index in [1.807, 2.05) is 39.0 Å². The molecule has 0 aliphatic rings. The lowest BCUT2D eigenvalue weighted by molar-refractivity contribution is 0.0691. The zero-order valence-electron chi connectivity index (χ0n) is 12.0. The maximum atomic E-state index is 11.4. The van der Waals surface area contributed by atoms with Crippen LogP contribution in [0.4, 0.5) is 11.4 Å². The van der Waals surface area contributed by atoms with Gasteiger partial charge in [-0.25, -0.2) is 14.8 Å². The predicted octanol–water partition coefficient (Wildman–Crippen LogP) is 4.11. The van der Waals surface area contributed by atoms with Crippen molar-refractivity contribution in [2.75, 3.05) is 5.32 Å². The zero-order chi connectivity index (χ0) is 15.6. The number of nitrogens with zero attached hydrogens (tertiary/aromatic N) is 2. The number of hydrogen-bond donors (Lipinski definition) is 2. The number of halogens is 1. The molecule has 0 spiro atoms. The summed E-state index contributed by atoms with van der Waals surface area (Å²) in [5.41, 5.74) is 2.16. The molecular formula is C15H16BrN3O2. The minimum absolute atomic E-state index is 0.0203. The summed E-state index contributed by atoms with van der Waals surface area (Å²) >= 11 is 3.45. The van der Waals surface area contributed by atoms with Gasteiger partial charge in [-0.15, -0.1) is 0 Å². The highest BCUT2D eigenvalue weighted by Gasteiger charge is 2.16. The Balaban J connectivity index is 2.44. The second-order valence-corrected chi connectivity index (χ2v) is 5.84. The first-order valence-corrected chi connectivity index (χ1v) is 7.31. The Bertz CT molecular complexity index is 687. The van der Waals surface area contributed by atoms with Crippen LogP contribution in [0.25, 0.3) is 0 Å². The smallest absolute Gasteiger partial charge is 0.356 e. The van der Waals surface area contributed by atoms with Crippen LogP contribution >= 0.6 is 15.9 Å². The fourth-order valence-corrected chi connectivity index (χ4v) is 2.18. The molecule has 0 atom stereocenters. The highest BCUT2D eigenvalue weighted by molar-refractivity contribution is 9.10. The van der Waals surface area contributed by atoms with Crippen molar-refractivity contribution >= 4 is 33.3 Å².